The number of hydrogen-bond acceptors (Lipinski definition) is 6. The Balaban J connectivity index is 1.59. The summed E-state index contributed by atoms with van der Waals surface area (Å²) in [6.07, 6.45) is 3.43. The highest BCUT2D eigenvalue weighted by Crippen LogP contribution is 2.24. The zero-order valence-corrected chi connectivity index (χ0v) is 17.1. The first-order valence-electron chi connectivity index (χ1n) is 9.53. The molecule has 0 saturated carbocycles. The number of primary amides is 1. The number of carbonyl (C=O) groups excluding carboxylic acids is 3. The Morgan fingerprint density at radius 2 is 2.17 bits per heavy atom. The van der Waals surface area contributed by atoms with Crippen LogP contribution in [0.2, 0.25) is 0 Å². The van der Waals surface area contributed by atoms with Crippen LogP contribution in [0.1, 0.15) is 37.1 Å². The van der Waals surface area contributed by atoms with E-state index in [1.807, 2.05) is 28.5 Å². The molecule has 0 spiro atoms. The smallest absolute Gasteiger partial charge is 0.226 e. The Bertz CT molecular complexity index is 854. The quantitative estimate of drug-likeness (QED) is 0.640. The minimum Gasteiger partial charge on any atom is -0.369 e. The molecule has 1 aliphatic heterocycles. The first-order chi connectivity index (χ1) is 13.9. The molecular weight excluding hydrogens is 390 g/mol. The molecule has 1 aliphatic rings. The van der Waals surface area contributed by atoms with Crippen LogP contribution in [-0.4, -0.2) is 35.8 Å². The van der Waals surface area contributed by atoms with Crippen molar-refractivity contribution in [2.45, 2.75) is 32.2 Å². The third kappa shape index (κ3) is 5.77. The lowest BCUT2D eigenvalue weighted by molar-refractivity contribution is -0.122. The number of rotatable bonds is 7. The minimum atomic E-state index is -0.362. The molecule has 0 aromatic carbocycles. The molecule has 29 heavy (non-hydrogen) atoms. The van der Waals surface area contributed by atoms with Gasteiger partial charge in [-0.05, 0) is 36.4 Å². The minimum absolute atomic E-state index is 0.133. The number of nitrogens with one attached hydrogen (secondary N) is 2. The van der Waals surface area contributed by atoms with Crippen LogP contribution < -0.4 is 21.3 Å². The predicted molar refractivity (Wildman–Crippen MR) is 112 cm³/mol. The lowest BCUT2D eigenvalue weighted by Gasteiger charge is -2.32. The van der Waals surface area contributed by atoms with Crippen LogP contribution in [0.15, 0.2) is 35.8 Å². The highest BCUT2D eigenvalue weighted by atomic mass is 32.1. The fourth-order valence-electron chi connectivity index (χ4n) is 3.42. The lowest BCUT2D eigenvalue weighted by Crippen LogP contribution is -2.41. The Morgan fingerprint density at radius 3 is 2.79 bits per heavy atom. The van der Waals surface area contributed by atoms with E-state index in [4.69, 9.17) is 5.73 Å². The largest absolute Gasteiger partial charge is 0.369 e. The standard InChI is InChI=1S/C20H25N5O3S/c1-13(26)23-16(17-5-3-9-29-17)10-19(27)24-15-6-7-18(22-11-15)25-8-2-4-14(12-25)20(21)28/h3,5-7,9,11,14,16H,2,4,8,10,12H2,1H3,(H2,21,28)(H,23,26)(H,24,27). The fraction of sp³-hybridized carbons (Fsp3) is 0.400. The molecule has 8 nitrogen and oxygen atoms in total. The molecule has 0 bridgehead atoms. The number of pyridine rings is 1. The van der Waals surface area contributed by atoms with Crippen molar-refractivity contribution in [3.8, 4) is 0 Å². The Hall–Kier alpha value is -2.94. The van der Waals surface area contributed by atoms with E-state index in [9.17, 15) is 14.4 Å². The lowest BCUT2D eigenvalue weighted by atomic mass is 9.97. The highest BCUT2D eigenvalue weighted by Gasteiger charge is 2.24. The van der Waals surface area contributed by atoms with E-state index in [-0.39, 0.29) is 36.1 Å². The average Bonchev–Trinajstić information content (AvgIpc) is 3.22. The van der Waals surface area contributed by atoms with Crippen LogP contribution in [0.25, 0.3) is 0 Å². The van der Waals surface area contributed by atoms with Crippen LogP contribution in [0.3, 0.4) is 0 Å². The molecule has 3 rings (SSSR count). The van der Waals surface area contributed by atoms with Gasteiger partial charge in [0.15, 0.2) is 0 Å². The number of nitrogens with zero attached hydrogens (tertiary/aromatic N) is 2. The van der Waals surface area contributed by atoms with Crippen molar-refractivity contribution >= 4 is 40.6 Å². The van der Waals surface area contributed by atoms with Gasteiger partial charge < -0.3 is 21.3 Å². The van der Waals surface area contributed by atoms with E-state index in [1.54, 1.807) is 12.3 Å². The number of nitrogens with two attached hydrogens (primary N) is 1. The van der Waals surface area contributed by atoms with Crippen LogP contribution in [-0.2, 0) is 14.4 Å². The molecule has 2 atom stereocenters. The maximum Gasteiger partial charge on any atom is 0.226 e. The van der Waals surface area contributed by atoms with Crippen LogP contribution in [0.4, 0.5) is 11.5 Å². The van der Waals surface area contributed by atoms with Crippen LogP contribution in [0, 0.1) is 5.92 Å². The highest BCUT2D eigenvalue weighted by molar-refractivity contribution is 7.10. The van der Waals surface area contributed by atoms with Crippen LogP contribution >= 0.6 is 11.3 Å². The van der Waals surface area contributed by atoms with Crippen molar-refractivity contribution in [2.75, 3.05) is 23.3 Å². The summed E-state index contributed by atoms with van der Waals surface area (Å²) in [6.45, 7) is 2.82. The average molecular weight is 416 g/mol. The van der Waals surface area contributed by atoms with Gasteiger partial charge >= 0.3 is 0 Å². The van der Waals surface area contributed by atoms with Crippen molar-refractivity contribution in [3.63, 3.8) is 0 Å². The number of amides is 3. The number of thiophene rings is 1. The van der Waals surface area contributed by atoms with Gasteiger partial charge in [-0.2, -0.15) is 0 Å². The Labute approximate surface area is 173 Å². The zero-order chi connectivity index (χ0) is 20.8. The summed E-state index contributed by atoms with van der Waals surface area (Å²) in [4.78, 5) is 42.7. The molecule has 2 aromatic heterocycles. The molecule has 1 fully saturated rings. The summed E-state index contributed by atoms with van der Waals surface area (Å²) in [5.74, 6) is -0.0777. The monoisotopic (exact) mass is 415 g/mol. The summed E-state index contributed by atoms with van der Waals surface area (Å²) < 4.78 is 0. The normalized spacial score (nSPS) is 17.4. The van der Waals surface area contributed by atoms with E-state index in [0.717, 1.165) is 30.1 Å². The third-order valence-corrected chi connectivity index (χ3v) is 5.82. The first-order valence-corrected chi connectivity index (χ1v) is 10.4. The third-order valence-electron chi connectivity index (χ3n) is 4.83. The van der Waals surface area contributed by atoms with Crippen molar-refractivity contribution < 1.29 is 14.4 Å². The van der Waals surface area contributed by atoms with Crippen molar-refractivity contribution in [1.29, 1.82) is 0 Å². The number of hydrogen-bond donors (Lipinski definition) is 3. The summed E-state index contributed by atoms with van der Waals surface area (Å²) in [5, 5.41) is 7.55. The van der Waals surface area contributed by atoms with E-state index < -0.39 is 0 Å². The second kappa shape index (κ2) is 9.51. The van der Waals surface area contributed by atoms with Gasteiger partial charge in [-0.3, -0.25) is 14.4 Å². The van der Waals surface area contributed by atoms with E-state index in [2.05, 4.69) is 15.6 Å². The molecular formula is C20H25N5O3S. The molecule has 3 heterocycles. The van der Waals surface area contributed by atoms with Crippen LogP contribution in [0.5, 0.6) is 0 Å². The second-order valence-electron chi connectivity index (χ2n) is 7.11. The number of piperidine rings is 1. The van der Waals surface area contributed by atoms with Crippen molar-refractivity contribution in [1.82, 2.24) is 10.3 Å². The van der Waals surface area contributed by atoms with Gasteiger partial charge in [0.1, 0.15) is 5.82 Å². The maximum atomic E-state index is 12.5. The Kier molecular flexibility index (Phi) is 6.82. The molecule has 2 unspecified atom stereocenters. The molecule has 0 radical (unpaired) electrons. The van der Waals surface area contributed by atoms with E-state index in [0.29, 0.717) is 12.2 Å². The van der Waals surface area contributed by atoms with Crippen molar-refractivity contribution in [3.05, 3.63) is 40.7 Å². The molecule has 154 valence electrons. The molecule has 0 aliphatic carbocycles. The zero-order valence-electron chi connectivity index (χ0n) is 16.3. The maximum absolute atomic E-state index is 12.5. The van der Waals surface area contributed by atoms with Gasteiger partial charge in [-0.15, -0.1) is 11.3 Å². The fourth-order valence-corrected chi connectivity index (χ4v) is 4.20. The van der Waals surface area contributed by atoms with Gasteiger partial charge in [-0.1, -0.05) is 6.07 Å². The number of anilines is 2. The molecule has 4 N–H and O–H groups in total. The summed E-state index contributed by atoms with van der Waals surface area (Å²) in [5.41, 5.74) is 6.01. The number of aromatic nitrogens is 1. The summed E-state index contributed by atoms with van der Waals surface area (Å²) in [7, 11) is 0. The SMILES string of the molecule is CC(=O)NC(CC(=O)Nc1ccc(N2CCCC(C(N)=O)C2)nc1)c1cccs1. The van der Waals surface area contributed by atoms with Gasteiger partial charge in [0.05, 0.1) is 30.3 Å². The second-order valence-corrected chi connectivity index (χ2v) is 8.09. The van der Waals surface area contributed by atoms with Crippen molar-refractivity contribution in [2.24, 2.45) is 11.7 Å². The topological polar surface area (TPSA) is 117 Å². The molecule has 2 aromatic rings. The molecule has 1 saturated heterocycles. The predicted octanol–water partition coefficient (Wildman–Crippen LogP) is 2.05. The van der Waals surface area contributed by atoms with Gasteiger partial charge in [0, 0.05) is 24.9 Å². The Morgan fingerprint density at radius 1 is 1.34 bits per heavy atom. The first kappa shape index (κ1) is 20.8. The molecule has 9 heteroatoms. The van der Waals surface area contributed by atoms with E-state index in [1.165, 1.54) is 18.3 Å². The summed E-state index contributed by atoms with van der Waals surface area (Å²) >= 11 is 1.50. The van der Waals surface area contributed by atoms with E-state index >= 15 is 0 Å². The van der Waals surface area contributed by atoms with Gasteiger partial charge in [0.2, 0.25) is 17.7 Å². The molecule has 3 amide bonds. The van der Waals surface area contributed by atoms with Gasteiger partial charge in [-0.25, -0.2) is 4.98 Å². The van der Waals surface area contributed by atoms with Gasteiger partial charge in [0.25, 0.3) is 0 Å². The number of carbonyl (C=O) groups is 3. The summed E-state index contributed by atoms with van der Waals surface area (Å²) in [6, 6.07) is 7.03.